The Hall–Kier alpha value is -0.860. The fourth-order valence-corrected chi connectivity index (χ4v) is 2.73. The summed E-state index contributed by atoms with van der Waals surface area (Å²) in [6.07, 6.45) is 2.68. The van der Waals surface area contributed by atoms with Gasteiger partial charge < -0.3 is 10.6 Å². The van der Waals surface area contributed by atoms with Crippen LogP contribution >= 0.6 is 0 Å². The number of nitrogens with one attached hydrogen (secondary N) is 2. The first-order valence-electron chi connectivity index (χ1n) is 7.70. The molecule has 1 heterocycles. The zero-order valence-electron chi connectivity index (χ0n) is 12.6. The average molecular weight is 260 g/mol. The van der Waals surface area contributed by atoms with Crippen LogP contribution in [0, 0.1) is 5.92 Å². The van der Waals surface area contributed by atoms with Gasteiger partial charge in [0.1, 0.15) is 0 Å². The van der Waals surface area contributed by atoms with Gasteiger partial charge in [-0.2, -0.15) is 0 Å². The van der Waals surface area contributed by atoms with Crippen LogP contribution in [0.2, 0.25) is 0 Å². The van der Waals surface area contributed by atoms with Crippen molar-refractivity contribution in [2.24, 2.45) is 5.92 Å². The van der Waals surface area contributed by atoms with E-state index in [4.69, 9.17) is 0 Å². The van der Waals surface area contributed by atoms with E-state index in [1.54, 1.807) is 0 Å². The van der Waals surface area contributed by atoms with Crippen molar-refractivity contribution >= 4 is 0 Å². The predicted molar refractivity (Wildman–Crippen MR) is 82.5 cm³/mol. The molecule has 1 aromatic rings. The molecule has 1 saturated heterocycles. The van der Waals surface area contributed by atoms with E-state index in [1.165, 1.54) is 37.1 Å². The first-order valence-corrected chi connectivity index (χ1v) is 7.70. The second-order valence-electron chi connectivity index (χ2n) is 6.16. The van der Waals surface area contributed by atoms with Crippen molar-refractivity contribution in [3.8, 4) is 0 Å². The summed E-state index contributed by atoms with van der Waals surface area (Å²) in [6, 6.07) is 9.52. The average Bonchev–Trinajstić information content (AvgIpc) is 2.46. The number of rotatable bonds is 5. The van der Waals surface area contributed by atoms with Crippen molar-refractivity contribution in [3.05, 3.63) is 35.4 Å². The predicted octanol–water partition coefficient (Wildman–Crippen LogP) is 3.46. The Labute approximate surface area is 118 Å². The third-order valence-electron chi connectivity index (χ3n) is 4.21. The van der Waals surface area contributed by atoms with Gasteiger partial charge in [-0.3, -0.25) is 0 Å². The molecular formula is C17H28N2. The molecule has 0 saturated carbocycles. The summed E-state index contributed by atoms with van der Waals surface area (Å²) in [7, 11) is 0. The number of benzene rings is 1. The Balaban J connectivity index is 1.83. The minimum atomic E-state index is 0.447. The Kier molecular flexibility index (Phi) is 5.41. The second-order valence-corrected chi connectivity index (χ2v) is 6.16. The van der Waals surface area contributed by atoms with E-state index < -0.39 is 0 Å². The van der Waals surface area contributed by atoms with Gasteiger partial charge in [0.25, 0.3) is 0 Å². The van der Waals surface area contributed by atoms with Gasteiger partial charge >= 0.3 is 0 Å². The Bertz CT molecular complexity index is 363. The van der Waals surface area contributed by atoms with E-state index in [-0.39, 0.29) is 0 Å². The van der Waals surface area contributed by atoms with Gasteiger partial charge in [0.2, 0.25) is 0 Å². The molecule has 2 N–H and O–H groups in total. The quantitative estimate of drug-likeness (QED) is 0.847. The Morgan fingerprint density at radius 3 is 2.42 bits per heavy atom. The molecule has 2 rings (SSSR count). The number of hydrogen-bond donors (Lipinski definition) is 2. The zero-order chi connectivity index (χ0) is 13.7. The lowest BCUT2D eigenvalue weighted by molar-refractivity contribution is 0.348. The third kappa shape index (κ3) is 4.32. The highest BCUT2D eigenvalue weighted by atomic mass is 14.9. The molecule has 106 valence electrons. The van der Waals surface area contributed by atoms with Crippen LogP contribution in [-0.4, -0.2) is 19.6 Å². The van der Waals surface area contributed by atoms with E-state index in [0.29, 0.717) is 12.0 Å². The summed E-state index contributed by atoms with van der Waals surface area (Å²) < 4.78 is 0. The van der Waals surface area contributed by atoms with E-state index in [1.807, 2.05) is 0 Å². The van der Waals surface area contributed by atoms with Crippen LogP contribution < -0.4 is 10.6 Å². The van der Waals surface area contributed by atoms with Crippen molar-refractivity contribution in [3.63, 3.8) is 0 Å². The molecule has 0 spiro atoms. The second kappa shape index (κ2) is 7.06. The summed E-state index contributed by atoms with van der Waals surface area (Å²) >= 11 is 0. The maximum atomic E-state index is 3.68. The minimum absolute atomic E-state index is 0.447. The lowest BCUT2D eigenvalue weighted by atomic mass is 9.97. The van der Waals surface area contributed by atoms with E-state index in [2.05, 4.69) is 55.7 Å². The van der Waals surface area contributed by atoms with Gasteiger partial charge in [-0.15, -0.1) is 0 Å². The maximum Gasteiger partial charge on any atom is 0.0291 e. The van der Waals surface area contributed by atoms with Crippen LogP contribution in [0.25, 0.3) is 0 Å². The normalized spacial score (nSPS) is 21.6. The highest BCUT2D eigenvalue weighted by molar-refractivity contribution is 5.26. The molecule has 0 aliphatic carbocycles. The largest absolute Gasteiger partial charge is 0.316 e. The number of hydrogen-bond acceptors (Lipinski definition) is 2. The summed E-state index contributed by atoms with van der Waals surface area (Å²) in [5.41, 5.74) is 2.82. The summed E-state index contributed by atoms with van der Waals surface area (Å²) in [4.78, 5) is 0. The first-order chi connectivity index (χ1) is 9.16. The first kappa shape index (κ1) is 14.5. The fourth-order valence-electron chi connectivity index (χ4n) is 2.73. The molecule has 1 fully saturated rings. The van der Waals surface area contributed by atoms with Gasteiger partial charge in [0.05, 0.1) is 0 Å². The molecule has 1 aliphatic heterocycles. The number of piperidine rings is 1. The molecule has 0 aromatic heterocycles. The van der Waals surface area contributed by atoms with Crippen molar-refractivity contribution in [2.45, 2.75) is 45.6 Å². The summed E-state index contributed by atoms with van der Waals surface area (Å²) in [5.74, 6) is 1.41. The van der Waals surface area contributed by atoms with E-state index in [9.17, 15) is 0 Å². The molecule has 0 amide bonds. The third-order valence-corrected chi connectivity index (χ3v) is 4.21. The monoisotopic (exact) mass is 260 g/mol. The highest BCUT2D eigenvalue weighted by Gasteiger charge is 2.14. The summed E-state index contributed by atoms with van der Waals surface area (Å²) in [6.45, 7) is 10.2. The van der Waals surface area contributed by atoms with Gasteiger partial charge in [-0.1, -0.05) is 38.1 Å². The SMILES string of the molecule is CC(C)c1ccc(C(C)NCC2CCCNC2)cc1. The van der Waals surface area contributed by atoms with Crippen LogP contribution in [0.5, 0.6) is 0 Å². The molecule has 19 heavy (non-hydrogen) atoms. The molecule has 2 heteroatoms. The highest BCUT2D eigenvalue weighted by Crippen LogP contribution is 2.19. The Morgan fingerprint density at radius 2 is 1.84 bits per heavy atom. The van der Waals surface area contributed by atoms with Crippen LogP contribution in [0.3, 0.4) is 0 Å². The minimum Gasteiger partial charge on any atom is -0.316 e. The Morgan fingerprint density at radius 1 is 1.16 bits per heavy atom. The van der Waals surface area contributed by atoms with E-state index in [0.717, 1.165) is 12.5 Å². The molecule has 1 aliphatic rings. The topological polar surface area (TPSA) is 24.1 Å². The standard InChI is InChI=1S/C17H28N2/c1-13(2)16-6-8-17(9-7-16)14(3)19-12-15-5-4-10-18-11-15/h6-9,13-15,18-19H,4-5,10-12H2,1-3H3. The van der Waals surface area contributed by atoms with Gasteiger partial charge in [-0.05, 0) is 62.4 Å². The molecule has 2 unspecified atom stereocenters. The molecular weight excluding hydrogens is 232 g/mol. The van der Waals surface area contributed by atoms with Crippen molar-refractivity contribution in [1.82, 2.24) is 10.6 Å². The van der Waals surface area contributed by atoms with Crippen LogP contribution in [-0.2, 0) is 0 Å². The fraction of sp³-hybridized carbons (Fsp3) is 0.647. The van der Waals surface area contributed by atoms with Crippen LogP contribution in [0.4, 0.5) is 0 Å². The van der Waals surface area contributed by atoms with Crippen LogP contribution in [0.15, 0.2) is 24.3 Å². The molecule has 0 radical (unpaired) electrons. The smallest absolute Gasteiger partial charge is 0.0291 e. The maximum absolute atomic E-state index is 3.68. The molecule has 0 bridgehead atoms. The van der Waals surface area contributed by atoms with Gasteiger partial charge in [0, 0.05) is 6.04 Å². The van der Waals surface area contributed by atoms with Gasteiger partial charge in [0.15, 0.2) is 0 Å². The molecule has 2 nitrogen and oxygen atoms in total. The lowest BCUT2D eigenvalue weighted by Crippen LogP contribution is -2.36. The molecule has 2 atom stereocenters. The van der Waals surface area contributed by atoms with Crippen molar-refractivity contribution < 1.29 is 0 Å². The lowest BCUT2D eigenvalue weighted by Gasteiger charge is -2.25. The van der Waals surface area contributed by atoms with Gasteiger partial charge in [-0.25, -0.2) is 0 Å². The van der Waals surface area contributed by atoms with Crippen molar-refractivity contribution in [1.29, 1.82) is 0 Å². The zero-order valence-corrected chi connectivity index (χ0v) is 12.6. The molecule has 1 aromatic carbocycles. The summed E-state index contributed by atoms with van der Waals surface area (Å²) in [5, 5.41) is 7.16. The van der Waals surface area contributed by atoms with E-state index >= 15 is 0 Å². The van der Waals surface area contributed by atoms with Crippen LogP contribution in [0.1, 0.15) is 56.7 Å². The van der Waals surface area contributed by atoms with Crippen molar-refractivity contribution in [2.75, 3.05) is 19.6 Å².